The molecule has 0 saturated carbocycles. The average Bonchev–Trinajstić information content (AvgIpc) is 2.48. The van der Waals surface area contributed by atoms with Crippen molar-refractivity contribution in [2.75, 3.05) is 5.75 Å². The van der Waals surface area contributed by atoms with E-state index >= 15 is 0 Å². The molecule has 3 heteroatoms. The normalized spacial score (nSPS) is 30.4. The fourth-order valence-corrected chi connectivity index (χ4v) is 3.27. The van der Waals surface area contributed by atoms with Crippen LogP contribution in [0.4, 0.5) is 0 Å². The second-order valence-electron chi connectivity index (χ2n) is 4.15. The zero-order chi connectivity index (χ0) is 9.90. The lowest BCUT2D eigenvalue weighted by atomic mass is 9.92. The highest BCUT2D eigenvalue weighted by atomic mass is 32.2. The molecule has 1 rings (SSSR count). The van der Waals surface area contributed by atoms with Gasteiger partial charge in [0, 0.05) is 10.8 Å². The third-order valence-corrected chi connectivity index (χ3v) is 4.38. The van der Waals surface area contributed by atoms with Crippen LogP contribution in [0.3, 0.4) is 0 Å². The monoisotopic (exact) mass is 200 g/mol. The number of nitrogens with two attached hydrogens (primary N) is 1. The molecule has 0 bridgehead atoms. The smallest absolute Gasteiger partial charge is 0.0391 e. The van der Waals surface area contributed by atoms with E-state index in [9.17, 15) is 0 Å². The van der Waals surface area contributed by atoms with Crippen LogP contribution in [-0.4, -0.2) is 16.5 Å². The van der Waals surface area contributed by atoms with Crippen molar-refractivity contribution in [1.29, 1.82) is 0 Å². The van der Waals surface area contributed by atoms with Gasteiger partial charge in [-0.25, -0.2) is 0 Å². The summed E-state index contributed by atoms with van der Waals surface area (Å²) in [6, 6.07) is 0.373. The predicted octanol–water partition coefficient (Wildman–Crippen LogP) is 2.07. The van der Waals surface area contributed by atoms with Crippen molar-refractivity contribution in [3.8, 4) is 0 Å². The van der Waals surface area contributed by atoms with E-state index in [0.29, 0.717) is 10.8 Å². The van der Waals surface area contributed by atoms with Crippen LogP contribution in [-0.2, 0) is 0 Å². The van der Waals surface area contributed by atoms with Gasteiger partial charge in [0.25, 0.3) is 0 Å². The first-order valence-electron chi connectivity index (χ1n) is 4.83. The van der Waals surface area contributed by atoms with Crippen LogP contribution >= 0.6 is 11.8 Å². The summed E-state index contributed by atoms with van der Waals surface area (Å²) in [6.07, 6.45) is 3.56. The molecule has 13 heavy (non-hydrogen) atoms. The molecular formula is C10H20N2S. The molecule has 2 atom stereocenters. The molecule has 76 valence electrons. The first kappa shape index (κ1) is 11.1. The van der Waals surface area contributed by atoms with Gasteiger partial charge < -0.3 is 0 Å². The van der Waals surface area contributed by atoms with Crippen LogP contribution in [0, 0.1) is 0 Å². The van der Waals surface area contributed by atoms with Crippen LogP contribution in [0.5, 0.6) is 0 Å². The molecule has 0 radical (unpaired) electrons. The van der Waals surface area contributed by atoms with Crippen molar-refractivity contribution in [2.24, 2.45) is 5.84 Å². The minimum absolute atomic E-state index is 0.313. The fraction of sp³-hybridized carbons (Fsp3) is 0.800. The molecule has 0 aromatic rings. The highest BCUT2D eigenvalue weighted by molar-refractivity contribution is 8.00. The minimum Gasteiger partial charge on any atom is -0.271 e. The lowest BCUT2D eigenvalue weighted by molar-refractivity contribution is 0.405. The molecule has 2 unspecified atom stereocenters. The molecule has 0 amide bonds. The van der Waals surface area contributed by atoms with Crippen molar-refractivity contribution < 1.29 is 0 Å². The van der Waals surface area contributed by atoms with Crippen LogP contribution in [0.25, 0.3) is 0 Å². The standard InChI is InChI=1S/C10H20N2S/c1-8(2)7-9(12-11)10(3)5-4-6-13-10/h9,12H,1,4-7,11H2,2-3H3. The van der Waals surface area contributed by atoms with Gasteiger partial charge in [-0.3, -0.25) is 11.3 Å². The second kappa shape index (κ2) is 4.49. The molecule has 1 aliphatic heterocycles. The van der Waals surface area contributed by atoms with Gasteiger partial charge in [-0.05, 0) is 38.9 Å². The van der Waals surface area contributed by atoms with Crippen LogP contribution in [0.2, 0.25) is 0 Å². The van der Waals surface area contributed by atoms with Gasteiger partial charge in [0.1, 0.15) is 0 Å². The number of hydrazine groups is 1. The van der Waals surface area contributed by atoms with E-state index in [1.807, 2.05) is 11.8 Å². The van der Waals surface area contributed by atoms with E-state index in [1.165, 1.54) is 24.2 Å². The Bertz CT molecular complexity index is 185. The van der Waals surface area contributed by atoms with Gasteiger partial charge in [0.15, 0.2) is 0 Å². The summed E-state index contributed by atoms with van der Waals surface area (Å²) < 4.78 is 0.313. The Morgan fingerprint density at radius 3 is 2.85 bits per heavy atom. The molecule has 0 spiro atoms. The molecule has 0 aromatic carbocycles. The molecule has 1 fully saturated rings. The third-order valence-electron chi connectivity index (χ3n) is 2.74. The van der Waals surface area contributed by atoms with Crippen LogP contribution in [0.1, 0.15) is 33.1 Å². The first-order valence-corrected chi connectivity index (χ1v) is 5.81. The highest BCUT2D eigenvalue weighted by Gasteiger charge is 2.36. The summed E-state index contributed by atoms with van der Waals surface area (Å²) in [4.78, 5) is 0. The van der Waals surface area contributed by atoms with Crippen molar-refractivity contribution in [1.82, 2.24) is 5.43 Å². The molecule has 2 nitrogen and oxygen atoms in total. The minimum atomic E-state index is 0.313. The highest BCUT2D eigenvalue weighted by Crippen LogP contribution is 2.41. The van der Waals surface area contributed by atoms with Gasteiger partial charge in [-0.1, -0.05) is 5.57 Å². The predicted molar refractivity (Wildman–Crippen MR) is 60.6 cm³/mol. The maximum Gasteiger partial charge on any atom is 0.0391 e. The van der Waals surface area contributed by atoms with Crippen LogP contribution < -0.4 is 11.3 Å². The summed E-state index contributed by atoms with van der Waals surface area (Å²) in [7, 11) is 0. The van der Waals surface area contributed by atoms with Crippen molar-refractivity contribution in [3.05, 3.63) is 12.2 Å². The largest absolute Gasteiger partial charge is 0.271 e. The Morgan fingerprint density at radius 2 is 2.46 bits per heavy atom. The van der Waals surface area contributed by atoms with Crippen molar-refractivity contribution >= 4 is 11.8 Å². The van der Waals surface area contributed by atoms with Gasteiger partial charge >= 0.3 is 0 Å². The van der Waals surface area contributed by atoms with Gasteiger partial charge in [-0.15, -0.1) is 6.58 Å². The van der Waals surface area contributed by atoms with Crippen LogP contribution in [0.15, 0.2) is 12.2 Å². The van der Waals surface area contributed by atoms with Gasteiger partial charge in [0.2, 0.25) is 0 Å². The third kappa shape index (κ3) is 2.73. The molecule has 1 aliphatic rings. The SMILES string of the molecule is C=C(C)CC(NN)C1(C)CCCS1. The van der Waals surface area contributed by atoms with E-state index in [1.54, 1.807) is 0 Å². The van der Waals surface area contributed by atoms with Gasteiger partial charge in [0.05, 0.1) is 0 Å². The van der Waals surface area contributed by atoms with E-state index in [-0.39, 0.29) is 0 Å². The topological polar surface area (TPSA) is 38.0 Å². The van der Waals surface area contributed by atoms with E-state index in [4.69, 9.17) is 5.84 Å². The number of hydrogen-bond donors (Lipinski definition) is 2. The summed E-state index contributed by atoms with van der Waals surface area (Å²) >= 11 is 2.04. The Labute approximate surface area is 85.3 Å². The van der Waals surface area contributed by atoms with Crippen molar-refractivity contribution in [3.63, 3.8) is 0 Å². The summed E-state index contributed by atoms with van der Waals surface area (Å²) in [6.45, 7) is 8.31. The molecule has 0 aliphatic carbocycles. The molecule has 3 N–H and O–H groups in total. The zero-order valence-electron chi connectivity index (χ0n) is 8.60. The second-order valence-corrected chi connectivity index (χ2v) is 5.77. The Hall–Kier alpha value is 0.0100. The summed E-state index contributed by atoms with van der Waals surface area (Å²) in [5.74, 6) is 6.85. The average molecular weight is 200 g/mol. The number of hydrogen-bond acceptors (Lipinski definition) is 3. The lowest BCUT2D eigenvalue weighted by Crippen LogP contribution is -2.48. The molecule has 0 aromatic heterocycles. The maximum atomic E-state index is 5.58. The summed E-state index contributed by atoms with van der Waals surface area (Å²) in [5.41, 5.74) is 4.14. The zero-order valence-corrected chi connectivity index (χ0v) is 9.41. The van der Waals surface area contributed by atoms with Gasteiger partial charge in [-0.2, -0.15) is 11.8 Å². The quantitative estimate of drug-likeness (QED) is 0.414. The molecular weight excluding hydrogens is 180 g/mol. The van der Waals surface area contributed by atoms with Crippen molar-refractivity contribution in [2.45, 2.75) is 43.9 Å². The number of rotatable bonds is 4. The first-order chi connectivity index (χ1) is 6.08. The molecule has 1 heterocycles. The van der Waals surface area contributed by atoms with E-state index < -0.39 is 0 Å². The Kier molecular flexibility index (Phi) is 3.83. The van der Waals surface area contributed by atoms with E-state index in [0.717, 1.165) is 6.42 Å². The summed E-state index contributed by atoms with van der Waals surface area (Å²) in [5, 5.41) is 0. The number of thioether (sulfide) groups is 1. The van der Waals surface area contributed by atoms with E-state index in [2.05, 4.69) is 25.9 Å². The Morgan fingerprint density at radius 1 is 1.77 bits per heavy atom. The fourth-order valence-electron chi connectivity index (χ4n) is 1.88. The molecule has 1 saturated heterocycles. The Balaban J connectivity index is 2.58. The number of nitrogens with one attached hydrogen (secondary N) is 1. The lowest BCUT2D eigenvalue weighted by Gasteiger charge is -2.32. The maximum absolute atomic E-state index is 5.58.